The number of halogens is 1. The van der Waals surface area contributed by atoms with Gasteiger partial charge in [0.2, 0.25) is 5.75 Å². The number of ether oxygens (including phenoxy) is 2. The predicted octanol–water partition coefficient (Wildman–Crippen LogP) is 1.67. The van der Waals surface area contributed by atoms with Gasteiger partial charge in [-0.3, -0.25) is 14.9 Å². The van der Waals surface area contributed by atoms with E-state index in [-0.39, 0.29) is 36.0 Å². The third-order valence-electron chi connectivity index (χ3n) is 2.03. The van der Waals surface area contributed by atoms with E-state index in [1.165, 1.54) is 13.2 Å². The molecular formula is C11H9IN2O5. The zero-order valence-electron chi connectivity index (χ0n) is 9.88. The van der Waals surface area contributed by atoms with Gasteiger partial charge >= 0.3 is 5.69 Å². The van der Waals surface area contributed by atoms with Crippen LogP contribution in [-0.2, 0) is 9.53 Å². The number of nitro benzene ring substituents is 1. The summed E-state index contributed by atoms with van der Waals surface area (Å²) in [6.07, 6.45) is 0. The van der Waals surface area contributed by atoms with Gasteiger partial charge in [0, 0.05) is 13.2 Å². The Hall–Kier alpha value is -1.73. The highest BCUT2D eigenvalue weighted by Gasteiger charge is 2.21. The van der Waals surface area contributed by atoms with Crippen molar-refractivity contribution in [3.8, 4) is 11.8 Å². The highest BCUT2D eigenvalue weighted by molar-refractivity contribution is 14.1. The average molecular weight is 376 g/mol. The van der Waals surface area contributed by atoms with E-state index in [4.69, 9.17) is 10.00 Å². The van der Waals surface area contributed by atoms with Crippen LogP contribution in [0.1, 0.15) is 5.56 Å². The predicted molar refractivity (Wildman–Crippen MR) is 72.9 cm³/mol. The second kappa shape index (κ2) is 7.01. The van der Waals surface area contributed by atoms with Gasteiger partial charge in [0.25, 0.3) is 0 Å². The Morgan fingerprint density at radius 1 is 1.53 bits per heavy atom. The zero-order valence-corrected chi connectivity index (χ0v) is 12.0. The van der Waals surface area contributed by atoms with Crippen LogP contribution in [0.4, 0.5) is 5.69 Å². The van der Waals surface area contributed by atoms with Gasteiger partial charge in [-0.2, -0.15) is 5.26 Å². The Morgan fingerprint density at radius 2 is 2.21 bits per heavy atom. The van der Waals surface area contributed by atoms with Crippen molar-refractivity contribution in [1.82, 2.24) is 0 Å². The molecule has 1 rings (SSSR count). The summed E-state index contributed by atoms with van der Waals surface area (Å²) in [5.41, 5.74) is -0.180. The number of hydrogen-bond acceptors (Lipinski definition) is 6. The van der Waals surface area contributed by atoms with Crippen LogP contribution >= 0.6 is 22.6 Å². The van der Waals surface area contributed by atoms with E-state index in [2.05, 4.69) is 4.74 Å². The van der Waals surface area contributed by atoms with E-state index in [1.54, 1.807) is 0 Å². The molecule has 0 unspecified atom stereocenters. The van der Waals surface area contributed by atoms with Gasteiger partial charge in [0.05, 0.1) is 20.1 Å². The summed E-state index contributed by atoms with van der Waals surface area (Å²) in [7, 11) is 1.37. The first-order valence-corrected chi connectivity index (χ1v) is 6.09. The Labute approximate surface area is 122 Å². The molecule has 0 bridgehead atoms. The average Bonchev–Trinajstić information content (AvgIpc) is 2.36. The van der Waals surface area contributed by atoms with Gasteiger partial charge in [-0.05, 0) is 28.7 Å². The van der Waals surface area contributed by atoms with E-state index in [9.17, 15) is 14.9 Å². The first-order chi connectivity index (χ1) is 8.99. The van der Waals surface area contributed by atoms with E-state index >= 15 is 0 Å². The van der Waals surface area contributed by atoms with Crippen molar-refractivity contribution < 1.29 is 19.2 Å². The molecule has 0 N–H and O–H groups in total. The van der Waals surface area contributed by atoms with Crippen molar-refractivity contribution in [2.24, 2.45) is 0 Å². The second-order valence-electron chi connectivity index (χ2n) is 3.44. The van der Waals surface area contributed by atoms with E-state index in [0.717, 1.165) is 6.07 Å². The molecule has 1 aromatic carbocycles. The quantitative estimate of drug-likeness (QED) is 0.425. The lowest BCUT2D eigenvalue weighted by molar-refractivity contribution is -0.385. The molecule has 8 heteroatoms. The molecule has 0 aromatic heterocycles. The number of rotatable bonds is 6. The molecule has 0 saturated heterocycles. The summed E-state index contributed by atoms with van der Waals surface area (Å²) in [5, 5.41) is 19.7. The van der Waals surface area contributed by atoms with Gasteiger partial charge in [-0.25, -0.2) is 0 Å². The molecule has 0 heterocycles. The van der Waals surface area contributed by atoms with Crippen LogP contribution in [0.25, 0.3) is 0 Å². The lowest BCUT2D eigenvalue weighted by Crippen LogP contribution is -2.17. The fourth-order valence-corrected chi connectivity index (χ4v) is 2.04. The van der Waals surface area contributed by atoms with Crippen molar-refractivity contribution in [1.29, 1.82) is 5.26 Å². The minimum atomic E-state index is -0.654. The number of Topliss-reactive ketones (excluding diaryl/α,β-unsaturated/α-hetero) is 1. The molecule has 7 nitrogen and oxygen atoms in total. The van der Waals surface area contributed by atoms with Crippen molar-refractivity contribution in [3.05, 3.63) is 31.4 Å². The summed E-state index contributed by atoms with van der Waals surface area (Å²) in [6, 6.07) is 4.38. The molecule has 1 aromatic rings. The third-order valence-corrected chi connectivity index (χ3v) is 2.83. The molecule has 0 atom stereocenters. The number of nitro groups is 1. The fraction of sp³-hybridized carbons (Fsp3) is 0.273. The van der Waals surface area contributed by atoms with Crippen molar-refractivity contribution >= 4 is 34.1 Å². The maximum absolute atomic E-state index is 11.3. The monoisotopic (exact) mass is 376 g/mol. The SMILES string of the molecule is COCC(=O)COc1c(I)cc(C#N)cc1[N+](=O)[O-]. The normalized spacial score (nSPS) is 9.74. The maximum atomic E-state index is 11.3. The summed E-state index contributed by atoms with van der Waals surface area (Å²) in [6.45, 7) is -0.447. The zero-order chi connectivity index (χ0) is 14.4. The van der Waals surface area contributed by atoms with Crippen LogP contribution in [0.15, 0.2) is 12.1 Å². The molecule has 100 valence electrons. The Kier molecular flexibility index (Phi) is 5.65. The Balaban J connectivity index is 3.03. The Bertz CT molecular complexity index is 553. The van der Waals surface area contributed by atoms with Crippen LogP contribution in [0.5, 0.6) is 5.75 Å². The molecule has 0 fully saturated rings. The summed E-state index contributed by atoms with van der Waals surface area (Å²) in [4.78, 5) is 21.5. The molecule has 19 heavy (non-hydrogen) atoms. The van der Waals surface area contributed by atoms with Gasteiger partial charge in [-0.15, -0.1) is 0 Å². The van der Waals surface area contributed by atoms with Crippen LogP contribution in [0, 0.1) is 25.0 Å². The first kappa shape index (κ1) is 15.3. The van der Waals surface area contributed by atoms with Crippen LogP contribution < -0.4 is 4.74 Å². The largest absolute Gasteiger partial charge is 0.478 e. The number of benzene rings is 1. The third kappa shape index (κ3) is 4.15. The van der Waals surface area contributed by atoms with E-state index < -0.39 is 4.92 Å². The summed E-state index contributed by atoms with van der Waals surface area (Å²) in [5.74, 6) is -0.356. The summed E-state index contributed by atoms with van der Waals surface area (Å²) < 4.78 is 10.2. The first-order valence-electron chi connectivity index (χ1n) is 5.01. The van der Waals surface area contributed by atoms with Crippen LogP contribution in [0.2, 0.25) is 0 Å². The molecule has 0 aliphatic rings. The number of hydrogen-bond donors (Lipinski definition) is 0. The van der Waals surface area contributed by atoms with E-state index in [0.29, 0.717) is 3.57 Å². The van der Waals surface area contributed by atoms with Gasteiger partial charge in [0.1, 0.15) is 13.2 Å². The maximum Gasteiger partial charge on any atom is 0.313 e. The number of methoxy groups -OCH3 is 1. The standard InChI is InChI=1S/C11H9IN2O5/c1-18-5-8(15)6-19-11-9(12)2-7(4-13)3-10(11)14(16)17/h2-3H,5-6H2,1H3. The number of nitriles is 1. The minimum Gasteiger partial charge on any atom is -0.478 e. The molecule has 0 amide bonds. The molecule has 0 spiro atoms. The number of carbonyl (C=O) groups excluding carboxylic acids is 1. The second-order valence-corrected chi connectivity index (χ2v) is 4.60. The lowest BCUT2D eigenvalue weighted by atomic mass is 10.2. The van der Waals surface area contributed by atoms with Gasteiger partial charge in [0.15, 0.2) is 5.78 Å². The molecule has 0 aliphatic carbocycles. The van der Waals surface area contributed by atoms with Gasteiger partial charge in [-0.1, -0.05) is 0 Å². The highest BCUT2D eigenvalue weighted by Crippen LogP contribution is 2.33. The Morgan fingerprint density at radius 3 is 2.74 bits per heavy atom. The van der Waals surface area contributed by atoms with Crippen LogP contribution in [-0.4, -0.2) is 31.0 Å². The smallest absolute Gasteiger partial charge is 0.313 e. The van der Waals surface area contributed by atoms with Crippen molar-refractivity contribution in [2.45, 2.75) is 0 Å². The molecule has 0 radical (unpaired) electrons. The van der Waals surface area contributed by atoms with E-state index in [1.807, 2.05) is 28.7 Å². The summed E-state index contributed by atoms with van der Waals surface area (Å²) >= 11 is 1.81. The van der Waals surface area contributed by atoms with Gasteiger partial charge < -0.3 is 9.47 Å². The molecular weight excluding hydrogens is 367 g/mol. The fourth-order valence-electron chi connectivity index (χ4n) is 1.28. The highest BCUT2D eigenvalue weighted by atomic mass is 127. The number of carbonyl (C=O) groups is 1. The minimum absolute atomic E-state index is 0.0194. The number of ketones is 1. The van der Waals surface area contributed by atoms with Crippen LogP contribution in [0.3, 0.4) is 0 Å². The lowest BCUT2D eigenvalue weighted by Gasteiger charge is -2.08. The molecule has 0 aliphatic heterocycles. The molecule has 0 saturated carbocycles. The van der Waals surface area contributed by atoms with Crippen molar-refractivity contribution in [2.75, 3.05) is 20.3 Å². The topological polar surface area (TPSA) is 102 Å². The number of nitrogens with zero attached hydrogens (tertiary/aromatic N) is 2. The van der Waals surface area contributed by atoms with Crippen molar-refractivity contribution in [3.63, 3.8) is 0 Å².